The van der Waals surface area contributed by atoms with Crippen molar-refractivity contribution in [2.24, 2.45) is 0 Å². The maximum Gasteiger partial charge on any atom is 0.277 e. The highest BCUT2D eigenvalue weighted by Gasteiger charge is 2.13. The number of nitrogens with zero attached hydrogens (tertiary/aromatic N) is 1. The van der Waals surface area contributed by atoms with Crippen LogP contribution in [0.25, 0.3) is 5.69 Å². The smallest absolute Gasteiger partial charge is 0.277 e. The highest BCUT2D eigenvalue weighted by molar-refractivity contribution is 9.08. The van der Waals surface area contributed by atoms with Crippen LogP contribution >= 0.6 is 15.9 Å². The third kappa shape index (κ3) is 1.82. The second-order valence-electron chi connectivity index (χ2n) is 3.31. The molecule has 1 aromatic carbocycles. The average Bonchev–Trinajstić information content (AvgIpc) is 2.66. The van der Waals surface area contributed by atoms with Crippen molar-refractivity contribution in [1.29, 1.82) is 0 Å². The minimum Gasteiger partial charge on any atom is -0.294 e. The molecular weight excluding hydrogens is 275 g/mol. The molecule has 2 rings (SSSR count). The molecule has 0 spiro atoms. The molecule has 0 radical (unpaired) electrons. The molecule has 1 aromatic heterocycles. The number of benzene rings is 1. The van der Waals surface area contributed by atoms with Crippen LogP contribution in [0.5, 0.6) is 0 Å². The first-order chi connectivity index (χ1) is 7.77. The van der Waals surface area contributed by atoms with E-state index in [1.54, 1.807) is 12.1 Å². The number of aromatic amines is 1. The van der Waals surface area contributed by atoms with Gasteiger partial charge in [-0.25, -0.2) is 9.07 Å². The highest BCUT2D eigenvalue weighted by Crippen LogP contribution is 2.11. The van der Waals surface area contributed by atoms with E-state index >= 15 is 0 Å². The molecule has 84 valence electrons. The Labute approximate surface area is 100 Å². The summed E-state index contributed by atoms with van der Waals surface area (Å²) in [7, 11) is 0. The zero-order valence-corrected chi connectivity index (χ0v) is 10.00. The third-order valence-electron chi connectivity index (χ3n) is 2.35. The molecule has 0 aliphatic carbocycles. The predicted octanol–water partition coefficient (Wildman–Crippen LogP) is 2.53. The van der Waals surface area contributed by atoms with Crippen LogP contribution in [0.1, 0.15) is 11.3 Å². The van der Waals surface area contributed by atoms with Gasteiger partial charge in [0.15, 0.2) is 0 Å². The molecular formula is C11H10BrFN2O. The Bertz CT molecular complexity index is 533. The van der Waals surface area contributed by atoms with Crippen LogP contribution < -0.4 is 5.56 Å². The molecule has 0 atom stereocenters. The van der Waals surface area contributed by atoms with Gasteiger partial charge in [0.1, 0.15) is 6.67 Å². The van der Waals surface area contributed by atoms with Crippen molar-refractivity contribution in [3.63, 3.8) is 0 Å². The minimum absolute atomic E-state index is 0.181. The van der Waals surface area contributed by atoms with E-state index < -0.39 is 6.67 Å². The number of alkyl halides is 2. The number of halogens is 2. The fraction of sp³-hybridized carbons (Fsp3) is 0.182. The van der Waals surface area contributed by atoms with Crippen molar-refractivity contribution in [3.05, 3.63) is 51.9 Å². The van der Waals surface area contributed by atoms with Crippen LogP contribution in [0.3, 0.4) is 0 Å². The molecule has 16 heavy (non-hydrogen) atoms. The van der Waals surface area contributed by atoms with Gasteiger partial charge in [-0.3, -0.25) is 9.89 Å². The SMILES string of the molecule is O=c1c(CF)c(CBr)[nH]n1-c1ccccc1. The number of hydrogen-bond donors (Lipinski definition) is 1. The Kier molecular flexibility index (Phi) is 3.24. The molecule has 0 aliphatic heterocycles. The molecule has 0 fully saturated rings. The topological polar surface area (TPSA) is 37.8 Å². The molecule has 3 nitrogen and oxygen atoms in total. The molecule has 0 saturated carbocycles. The number of aromatic nitrogens is 2. The summed E-state index contributed by atoms with van der Waals surface area (Å²) in [5.41, 5.74) is 1.13. The Balaban J connectivity index is 2.59. The summed E-state index contributed by atoms with van der Waals surface area (Å²) in [6.07, 6.45) is 0. The summed E-state index contributed by atoms with van der Waals surface area (Å²) in [5.74, 6) is 0. The summed E-state index contributed by atoms with van der Waals surface area (Å²) in [4.78, 5) is 11.9. The van der Waals surface area contributed by atoms with E-state index in [0.29, 0.717) is 16.7 Å². The molecule has 0 unspecified atom stereocenters. The van der Waals surface area contributed by atoms with Gasteiger partial charge in [-0.15, -0.1) is 0 Å². The van der Waals surface area contributed by atoms with Gasteiger partial charge in [-0.2, -0.15) is 0 Å². The van der Waals surface area contributed by atoms with E-state index in [-0.39, 0.29) is 11.1 Å². The molecule has 0 bridgehead atoms. The summed E-state index contributed by atoms with van der Waals surface area (Å²) in [6.45, 7) is -0.754. The molecule has 1 heterocycles. The van der Waals surface area contributed by atoms with Crippen molar-refractivity contribution in [1.82, 2.24) is 9.78 Å². The third-order valence-corrected chi connectivity index (χ3v) is 2.91. The monoisotopic (exact) mass is 284 g/mol. The Morgan fingerprint density at radius 3 is 2.50 bits per heavy atom. The summed E-state index contributed by atoms with van der Waals surface area (Å²) >= 11 is 3.22. The fourth-order valence-electron chi connectivity index (χ4n) is 1.52. The second-order valence-corrected chi connectivity index (χ2v) is 3.87. The van der Waals surface area contributed by atoms with Gasteiger partial charge in [0.2, 0.25) is 0 Å². The average molecular weight is 285 g/mol. The van der Waals surface area contributed by atoms with Gasteiger partial charge in [-0.05, 0) is 12.1 Å². The second kappa shape index (κ2) is 4.65. The standard InChI is InChI=1S/C11H10BrFN2O/c12-6-10-9(7-13)11(16)15(14-10)8-4-2-1-3-5-8/h1-5,14H,6-7H2. The number of nitrogens with one attached hydrogen (secondary N) is 1. The van der Waals surface area contributed by atoms with Crippen LogP contribution in [0.2, 0.25) is 0 Å². The molecule has 2 aromatic rings. The maximum atomic E-state index is 12.7. The summed E-state index contributed by atoms with van der Waals surface area (Å²) < 4.78 is 14.1. The lowest BCUT2D eigenvalue weighted by atomic mass is 10.3. The minimum atomic E-state index is -0.754. The molecule has 1 N–H and O–H groups in total. The van der Waals surface area contributed by atoms with Crippen molar-refractivity contribution < 1.29 is 4.39 Å². The van der Waals surface area contributed by atoms with Gasteiger partial charge in [0, 0.05) is 5.33 Å². The van der Waals surface area contributed by atoms with E-state index in [1.807, 2.05) is 18.2 Å². The van der Waals surface area contributed by atoms with E-state index in [0.717, 1.165) is 0 Å². The Morgan fingerprint density at radius 2 is 2.00 bits per heavy atom. The fourth-order valence-corrected chi connectivity index (χ4v) is 1.99. The number of para-hydroxylation sites is 1. The van der Waals surface area contributed by atoms with E-state index in [4.69, 9.17) is 0 Å². The first-order valence-electron chi connectivity index (χ1n) is 4.78. The van der Waals surface area contributed by atoms with Crippen LogP contribution in [0.4, 0.5) is 4.39 Å². The molecule has 0 amide bonds. The van der Waals surface area contributed by atoms with Gasteiger partial charge in [0.25, 0.3) is 5.56 Å². The van der Waals surface area contributed by atoms with Gasteiger partial charge in [-0.1, -0.05) is 34.1 Å². The highest BCUT2D eigenvalue weighted by atomic mass is 79.9. The van der Waals surface area contributed by atoms with E-state index in [1.165, 1.54) is 4.68 Å². The zero-order valence-electron chi connectivity index (χ0n) is 8.41. The number of rotatable bonds is 3. The van der Waals surface area contributed by atoms with Gasteiger partial charge < -0.3 is 0 Å². The van der Waals surface area contributed by atoms with Crippen LogP contribution in [0, 0.1) is 0 Å². The lowest BCUT2D eigenvalue weighted by Gasteiger charge is -1.99. The van der Waals surface area contributed by atoms with Crippen molar-refractivity contribution in [2.75, 3.05) is 0 Å². The van der Waals surface area contributed by atoms with Crippen LogP contribution in [-0.4, -0.2) is 9.78 Å². The predicted molar refractivity (Wildman–Crippen MR) is 63.8 cm³/mol. The van der Waals surface area contributed by atoms with E-state index in [9.17, 15) is 9.18 Å². The largest absolute Gasteiger partial charge is 0.294 e. The van der Waals surface area contributed by atoms with Crippen molar-refractivity contribution >= 4 is 15.9 Å². The number of H-pyrrole nitrogens is 1. The van der Waals surface area contributed by atoms with Crippen molar-refractivity contribution in [3.8, 4) is 5.69 Å². The van der Waals surface area contributed by atoms with Gasteiger partial charge >= 0.3 is 0 Å². The maximum absolute atomic E-state index is 12.7. The van der Waals surface area contributed by atoms with Crippen LogP contribution in [-0.2, 0) is 12.0 Å². The van der Waals surface area contributed by atoms with Crippen LogP contribution in [0.15, 0.2) is 35.1 Å². The first kappa shape index (κ1) is 11.1. The molecule has 5 heteroatoms. The van der Waals surface area contributed by atoms with E-state index in [2.05, 4.69) is 21.0 Å². The molecule has 0 saturated heterocycles. The first-order valence-corrected chi connectivity index (χ1v) is 5.90. The van der Waals surface area contributed by atoms with Crippen molar-refractivity contribution in [2.45, 2.75) is 12.0 Å². The summed E-state index contributed by atoms with van der Waals surface area (Å²) in [6, 6.07) is 9.09. The normalized spacial score (nSPS) is 10.6. The Morgan fingerprint density at radius 1 is 1.31 bits per heavy atom. The zero-order chi connectivity index (χ0) is 11.5. The lowest BCUT2D eigenvalue weighted by Crippen LogP contribution is -2.16. The number of hydrogen-bond acceptors (Lipinski definition) is 1. The van der Waals surface area contributed by atoms with Gasteiger partial charge in [0.05, 0.1) is 16.9 Å². The molecule has 0 aliphatic rings. The summed E-state index contributed by atoms with van der Waals surface area (Å²) in [5, 5.41) is 3.32. The Hall–Kier alpha value is -1.36. The quantitative estimate of drug-likeness (QED) is 0.865. The lowest BCUT2D eigenvalue weighted by molar-refractivity contribution is 0.481.